The van der Waals surface area contributed by atoms with E-state index in [4.69, 9.17) is 4.42 Å². The molecule has 0 radical (unpaired) electrons. The lowest BCUT2D eigenvalue weighted by molar-refractivity contribution is -0.0498. The molecular formula is C23H25F2N3O3. The lowest BCUT2D eigenvalue weighted by Gasteiger charge is -2.16. The van der Waals surface area contributed by atoms with Crippen molar-refractivity contribution in [1.29, 1.82) is 0 Å². The van der Waals surface area contributed by atoms with Crippen LogP contribution in [0.15, 0.2) is 82.4 Å². The van der Waals surface area contributed by atoms with E-state index in [0.29, 0.717) is 31.0 Å². The summed E-state index contributed by atoms with van der Waals surface area (Å²) in [4.78, 5) is 4.57. The lowest BCUT2D eigenvalue weighted by Crippen LogP contribution is -2.40. The summed E-state index contributed by atoms with van der Waals surface area (Å²) in [5, 5.41) is 16.8. The number of rotatable bonds is 10. The number of furan rings is 1. The van der Waals surface area contributed by atoms with Crippen molar-refractivity contribution in [3.05, 3.63) is 89.9 Å². The van der Waals surface area contributed by atoms with E-state index < -0.39 is 12.7 Å². The van der Waals surface area contributed by atoms with Gasteiger partial charge in [0.2, 0.25) is 0 Å². The minimum absolute atomic E-state index is 0.0450. The maximum atomic E-state index is 12.3. The second-order valence-corrected chi connectivity index (χ2v) is 6.75. The summed E-state index contributed by atoms with van der Waals surface area (Å²) in [6.45, 7) is -1.61. The molecule has 0 saturated heterocycles. The van der Waals surface area contributed by atoms with Gasteiger partial charge in [0.25, 0.3) is 0 Å². The van der Waals surface area contributed by atoms with E-state index in [2.05, 4.69) is 20.4 Å². The third-order valence-corrected chi connectivity index (χ3v) is 4.46. The predicted molar refractivity (Wildman–Crippen MR) is 114 cm³/mol. The molecule has 0 aliphatic carbocycles. The Balaban J connectivity index is 1.57. The van der Waals surface area contributed by atoms with Crippen LogP contribution in [0.1, 0.15) is 23.0 Å². The fourth-order valence-electron chi connectivity index (χ4n) is 2.87. The van der Waals surface area contributed by atoms with Crippen molar-refractivity contribution in [2.24, 2.45) is 4.99 Å². The number of hydrogen-bond donors (Lipinski definition) is 3. The molecule has 3 aromatic rings. The molecule has 0 fully saturated rings. The summed E-state index contributed by atoms with van der Waals surface area (Å²) >= 11 is 0. The zero-order chi connectivity index (χ0) is 21.9. The van der Waals surface area contributed by atoms with Gasteiger partial charge in [-0.2, -0.15) is 8.78 Å². The highest BCUT2D eigenvalue weighted by Gasteiger charge is 2.10. The predicted octanol–water partition coefficient (Wildman–Crippen LogP) is 3.89. The summed E-state index contributed by atoms with van der Waals surface area (Å²) in [6.07, 6.45) is 1.47. The molecule has 1 heterocycles. The van der Waals surface area contributed by atoms with Gasteiger partial charge in [-0.1, -0.05) is 42.5 Å². The average Bonchev–Trinajstić information content (AvgIpc) is 3.29. The van der Waals surface area contributed by atoms with Gasteiger partial charge in [0.05, 0.1) is 18.9 Å². The van der Waals surface area contributed by atoms with E-state index in [1.54, 1.807) is 18.4 Å². The van der Waals surface area contributed by atoms with Crippen LogP contribution in [-0.2, 0) is 13.0 Å². The van der Waals surface area contributed by atoms with Crippen molar-refractivity contribution in [3.8, 4) is 5.75 Å². The second kappa shape index (κ2) is 11.7. The molecule has 0 saturated carbocycles. The minimum atomic E-state index is -2.88. The number of aliphatic hydroxyl groups excluding tert-OH is 1. The SMILES string of the molecule is OC(CNC(=NCc1ccccc1)NCCc1ccco1)c1ccc(OC(F)F)cc1. The monoisotopic (exact) mass is 429 g/mol. The number of hydrogen-bond acceptors (Lipinski definition) is 4. The van der Waals surface area contributed by atoms with E-state index in [1.807, 2.05) is 42.5 Å². The van der Waals surface area contributed by atoms with Gasteiger partial charge in [0.1, 0.15) is 11.5 Å². The Kier molecular flexibility index (Phi) is 8.42. The van der Waals surface area contributed by atoms with Crippen molar-refractivity contribution in [2.45, 2.75) is 25.7 Å². The molecule has 0 spiro atoms. The first-order valence-electron chi connectivity index (χ1n) is 9.91. The topological polar surface area (TPSA) is 79.0 Å². The van der Waals surface area contributed by atoms with E-state index in [1.165, 1.54) is 12.1 Å². The highest BCUT2D eigenvalue weighted by molar-refractivity contribution is 5.79. The molecule has 3 rings (SSSR count). The highest BCUT2D eigenvalue weighted by atomic mass is 19.3. The summed E-state index contributed by atoms with van der Waals surface area (Å²) in [7, 11) is 0. The largest absolute Gasteiger partial charge is 0.469 e. The highest BCUT2D eigenvalue weighted by Crippen LogP contribution is 2.19. The van der Waals surface area contributed by atoms with Crippen LogP contribution in [0.25, 0.3) is 0 Å². The second-order valence-electron chi connectivity index (χ2n) is 6.75. The Morgan fingerprint density at radius 2 is 1.77 bits per heavy atom. The first-order valence-corrected chi connectivity index (χ1v) is 9.91. The smallest absolute Gasteiger partial charge is 0.387 e. The molecule has 0 aliphatic heterocycles. The fraction of sp³-hybridized carbons (Fsp3) is 0.261. The maximum Gasteiger partial charge on any atom is 0.387 e. The molecule has 164 valence electrons. The molecule has 1 aromatic heterocycles. The van der Waals surface area contributed by atoms with Gasteiger partial charge >= 0.3 is 6.61 Å². The first kappa shape index (κ1) is 22.3. The molecule has 0 amide bonds. The molecule has 1 unspecified atom stereocenters. The summed E-state index contributed by atoms with van der Waals surface area (Å²) in [5.41, 5.74) is 1.64. The summed E-state index contributed by atoms with van der Waals surface area (Å²) < 4.78 is 34.2. The molecule has 0 aliphatic rings. The van der Waals surface area contributed by atoms with Crippen LogP contribution in [-0.4, -0.2) is 30.8 Å². The van der Waals surface area contributed by atoms with E-state index in [9.17, 15) is 13.9 Å². The molecule has 6 nitrogen and oxygen atoms in total. The van der Waals surface area contributed by atoms with Crippen LogP contribution in [0.5, 0.6) is 5.75 Å². The number of halogens is 2. The van der Waals surface area contributed by atoms with Crippen LogP contribution < -0.4 is 15.4 Å². The lowest BCUT2D eigenvalue weighted by atomic mass is 10.1. The minimum Gasteiger partial charge on any atom is -0.469 e. The standard InChI is InChI=1S/C23H25F2N3O3/c24-22(25)31-20-10-8-18(9-11-20)21(29)16-28-23(26-13-12-19-7-4-14-30-19)27-15-17-5-2-1-3-6-17/h1-11,14,21-22,29H,12-13,15-16H2,(H2,26,27,28). The third-order valence-electron chi connectivity index (χ3n) is 4.46. The Morgan fingerprint density at radius 3 is 2.45 bits per heavy atom. The van der Waals surface area contributed by atoms with Crippen molar-refractivity contribution < 1.29 is 23.0 Å². The van der Waals surface area contributed by atoms with Crippen LogP contribution in [0.4, 0.5) is 8.78 Å². The Hall–Kier alpha value is -3.39. The number of aliphatic hydroxyl groups is 1. The molecule has 2 aromatic carbocycles. The van der Waals surface area contributed by atoms with Crippen LogP contribution in [0.3, 0.4) is 0 Å². The van der Waals surface area contributed by atoms with Gasteiger partial charge < -0.3 is 24.9 Å². The van der Waals surface area contributed by atoms with Gasteiger partial charge in [0, 0.05) is 19.5 Å². The summed E-state index contributed by atoms with van der Waals surface area (Å²) in [5.74, 6) is 1.46. The van der Waals surface area contributed by atoms with E-state index >= 15 is 0 Å². The zero-order valence-corrected chi connectivity index (χ0v) is 16.9. The average molecular weight is 429 g/mol. The van der Waals surface area contributed by atoms with E-state index in [-0.39, 0.29) is 12.3 Å². The normalized spacial score (nSPS) is 12.6. The molecule has 8 heteroatoms. The Labute approximate surface area is 179 Å². The number of nitrogens with zero attached hydrogens (tertiary/aromatic N) is 1. The number of guanidine groups is 1. The van der Waals surface area contributed by atoms with Crippen LogP contribution >= 0.6 is 0 Å². The number of benzene rings is 2. The van der Waals surface area contributed by atoms with Gasteiger partial charge in [-0.15, -0.1) is 0 Å². The molecule has 1 atom stereocenters. The van der Waals surface area contributed by atoms with Crippen molar-refractivity contribution in [3.63, 3.8) is 0 Å². The fourth-order valence-corrected chi connectivity index (χ4v) is 2.87. The molecule has 3 N–H and O–H groups in total. The molecule has 0 bridgehead atoms. The quantitative estimate of drug-likeness (QED) is 0.337. The maximum absolute atomic E-state index is 12.3. The third kappa shape index (κ3) is 7.75. The van der Waals surface area contributed by atoms with Crippen LogP contribution in [0.2, 0.25) is 0 Å². The summed E-state index contributed by atoms with van der Waals surface area (Å²) in [6, 6.07) is 19.5. The van der Waals surface area contributed by atoms with E-state index in [0.717, 1.165) is 11.3 Å². The van der Waals surface area contributed by atoms with Gasteiger partial charge in [-0.25, -0.2) is 4.99 Å². The first-order chi connectivity index (χ1) is 15.1. The number of ether oxygens (including phenoxy) is 1. The number of aliphatic imine (C=N–C) groups is 1. The van der Waals surface area contributed by atoms with Crippen molar-refractivity contribution in [1.82, 2.24) is 10.6 Å². The van der Waals surface area contributed by atoms with Crippen molar-refractivity contribution >= 4 is 5.96 Å². The van der Waals surface area contributed by atoms with Gasteiger partial charge in [-0.05, 0) is 35.4 Å². The van der Waals surface area contributed by atoms with Gasteiger partial charge in [-0.3, -0.25) is 0 Å². The van der Waals surface area contributed by atoms with Gasteiger partial charge in [0.15, 0.2) is 5.96 Å². The number of nitrogens with one attached hydrogen (secondary N) is 2. The Morgan fingerprint density at radius 1 is 1.00 bits per heavy atom. The Bertz CT molecular complexity index is 917. The van der Waals surface area contributed by atoms with Crippen LogP contribution in [0, 0.1) is 0 Å². The number of alkyl halides is 2. The molecule has 31 heavy (non-hydrogen) atoms. The van der Waals surface area contributed by atoms with Crippen molar-refractivity contribution in [2.75, 3.05) is 13.1 Å². The zero-order valence-electron chi connectivity index (χ0n) is 16.9. The molecular weight excluding hydrogens is 404 g/mol.